The number of nitrogens with one attached hydrogen (secondary N) is 3. The highest BCUT2D eigenvalue weighted by Crippen LogP contribution is 2.20. The quantitative estimate of drug-likeness (QED) is 0.105. The van der Waals surface area contributed by atoms with Crippen molar-refractivity contribution in [3.63, 3.8) is 0 Å². The summed E-state index contributed by atoms with van der Waals surface area (Å²) in [7, 11) is 1.63. The number of rotatable bonds is 18. The summed E-state index contributed by atoms with van der Waals surface area (Å²) in [6, 6.07) is 17.7. The number of nitrogens with zero attached hydrogens (tertiary/aromatic N) is 3. The van der Waals surface area contributed by atoms with Crippen LogP contribution in [0.4, 0.5) is 9.59 Å². The van der Waals surface area contributed by atoms with E-state index in [9.17, 15) is 19.5 Å². The number of hydrogen-bond donors (Lipinski definition) is 4. The first kappa shape index (κ1) is 37.5. The van der Waals surface area contributed by atoms with Gasteiger partial charge in [0.05, 0.1) is 34.2 Å². The average molecular weight is 707 g/mol. The molecule has 0 saturated carbocycles. The summed E-state index contributed by atoms with van der Waals surface area (Å²) in [6.07, 6.45) is 4.15. The largest absolute Gasteiger partial charge is 0.444 e. The van der Waals surface area contributed by atoms with Crippen molar-refractivity contribution in [2.75, 3.05) is 13.7 Å². The molecule has 0 bridgehead atoms. The van der Waals surface area contributed by atoms with Crippen molar-refractivity contribution in [2.24, 2.45) is 0 Å². The van der Waals surface area contributed by atoms with Gasteiger partial charge >= 0.3 is 12.1 Å². The van der Waals surface area contributed by atoms with Crippen molar-refractivity contribution in [1.82, 2.24) is 30.8 Å². The number of aryl methyl sites for hydroxylation is 1. The Kier molecular flexibility index (Phi) is 15.0. The van der Waals surface area contributed by atoms with Crippen molar-refractivity contribution >= 4 is 40.7 Å². The number of thiazole rings is 2. The summed E-state index contributed by atoms with van der Waals surface area (Å²) >= 11 is 2.97. The van der Waals surface area contributed by atoms with Crippen molar-refractivity contribution in [3.05, 3.63) is 104 Å². The highest BCUT2D eigenvalue weighted by molar-refractivity contribution is 7.09. The van der Waals surface area contributed by atoms with Gasteiger partial charge in [0.2, 0.25) is 5.91 Å². The third-order valence-corrected chi connectivity index (χ3v) is 9.86. The zero-order chi connectivity index (χ0) is 35.0. The Morgan fingerprint density at radius 3 is 2.22 bits per heavy atom. The van der Waals surface area contributed by atoms with Crippen LogP contribution in [0.15, 0.2) is 77.8 Å². The molecular formula is C36H46N6O5S2. The Morgan fingerprint density at radius 2 is 1.59 bits per heavy atom. The third-order valence-electron chi connectivity index (χ3n) is 7.92. The van der Waals surface area contributed by atoms with Crippen LogP contribution >= 0.6 is 22.7 Å². The Morgan fingerprint density at radius 1 is 0.898 bits per heavy atom. The maximum Gasteiger partial charge on any atom is 0.407 e. The Hall–Kier alpha value is -4.33. The molecule has 3 atom stereocenters. The topological polar surface area (TPSA) is 146 Å². The summed E-state index contributed by atoms with van der Waals surface area (Å²) < 4.78 is 5.46. The number of carbonyl (C=O) groups is 3. The molecule has 0 radical (unpaired) electrons. The smallest absolute Gasteiger partial charge is 0.407 e. The number of alkyl carbamates (subject to hydrolysis) is 1. The minimum absolute atomic E-state index is 0.135. The van der Waals surface area contributed by atoms with Gasteiger partial charge in [-0.1, -0.05) is 74.5 Å². The molecule has 2 heterocycles. The summed E-state index contributed by atoms with van der Waals surface area (Å²) in [6.45, 7) is 3.98. The van der Waals surface area contributed by atoms with E-state index in [1.165, 1.54) is 16.2 Å². The molecule has 0 fully saturated rings. The summed E-state index contributed by atoms with van der Waals surface area (Å²) in [5.41, 5.74) is 4.64. The molecule has 0 aliphatic rings. The fourth-order valence-corrected chi connectivity index (χ4v) is 6.52. The van der Waals surface area contributed by atoms with Gasteiger partial charge in [0.1, 0.15) is 12.6 Å². The lowest BCUT2D eigenvalue weighted by atomic mass is 9.96. The molecule has 262 valence electrons. The van der Waals surface area contributed by atoms with Crippen LogP contribution in [0.3, 0.4) is 0 Å². The van der Waals surface area contributed by atoms with Crippen LogP contribution in [-0.4, -0.2) is 69.8 Å². The first-order chi connectivity index (χ1) is 23.7. The number of amides is 4. The van der Waals surface area contributed by atoms with E-state index in [0.29, 0.717) is 38.0 Å². The Bertz CT molecular complexity index is 1570. The molecule has 0 spiro atoms. The fraction of sp³-hybridized carbons (Fsp3) is 0.417. The average Bonchev–Trinajstić information content (AvgIpc) is 3.81. The molecule has 11 nitrogen and oxygen atoms in total. The van der Waals surface area contributed by atoms with Crippen LogP contribution in [-0.2, 0) is 35.5 Å². The highest BCUT2D eigenvalue weighted by Gasteiger charge is 2.25. The molecule has 0 saturated heterocycles. The van der Waals surface area contributed by atoms with Gasteiger partial charge in [-0.2, -0.15) is 0 Å². The molecular weight excluding hydrogens is 661 g/mol. The fourth-order valence-electron chi connectivity index (χ4n) is 5.19. The highest BCUT2D eigenvalue weighted by atomic mass is 32.1. The number of aliphatic hydroxyl groups excluding tert-OH is 1. The summed E-state index contributed by atoms with van der Waals surface area (Å²) in [5, 5.41) is 21.8. The van der Waals surface area contributed by atoms with E-state index in [-0.39, 0.29) is 25.2 Å². The molecule has 49 heavy (non-hydrogen) atoms. The lowest BCUT2D eigenvalue weighted by Gasteiger charge is -2.26. The van der Waals surface area contributed by atoms with E-state index >= 15 is 0 Å². The van der Waals surface area contributed by atoms with Gasteiger partial charge in [0, 0.05) is 36.6 Å². The lowest BCUT2D eigenvalue weighted by Crippen LogP contribution is -2.54. The van der Waals surface area contributed by atoms with Crippen LogP contribution < -0.4 is 16.0 Å². The normalized spacial score (nSPS) is 12.9. The standard InChI is InChI=1S/C36H46N6O5S2/c1-25(2)34-39-30(23-48-34)20-42(3)35(45)41-32(21-43)33(44)38-28(15-14-26-10-6-4-7-11-26)16-17-29(18-27-12-8-5-9-13-27)40-36(46)47-22-31-19-37-24-49-31/h4-13,19,23-25,28-29,32,43H,14-18,20-22H2,1-3H3,(H,38,44)(H,40,46)(H,41,45)/t28-,29+,32+/m1/s1. The molecule has 2 aromatic heterocycles. The van der Waals surface area contributed by atoms with E-state index in [2.05, 4.69) is 39.8 Å². The Labute approximate surface area is 296 Å². The van der Waals surface area contributed by atoms with Crippen LogP contribution in [0.2, 0.25) is 0 Å². The molecule has 4 N–H and O–H groups in total. The van der Waals surface area contributed by atoms with E-state index in [4.69, 9.17) is 4.74 Å². The monoisotopic (exact) mass is 706 g/mol. The predicted molar refractivity (Wildman–Crippen MR) is 192 cm³/mol. The van der Waals surface area contributed by atoms with Crippen molar-refractivity contribution < 1.29 is 24.2 Å². The SMILES string of the molecule is CC(C)c1nc(CN(C)C(=O)N[C@@H](CO)C(=O)N[C@H](CCc2ccccc2)CC[C@@H](Cc2ccccc2)NC(=O)OCc2cncs2)cs1. The lowest BCUT2D eigenvalue weighted by molar-refractivity contribution is -0.124. The number of benzene rings is 2. The van der Waals surface area contributed by atoms with Crippen LogP contribution in [0.5, 0.6) is 0 Å². The van der Waals surface area contributed by atoms with Gasteiger partial charge < -0.3 is 30.7 Å². The number of ether oxygens (including phenoxy) is 1. The molecule has 13 heteroatoms. The van der Waals surface area contributed by atoms with E-state index in [1.807, 2.05) is 66.0 Å². The third kappa shape index (κ3) is 12.9. The second-order valence-electron chi connectivity index (χ2n) is 12.3. The first-order valence-corrected chi connectivity index (χ1v) is 18.2. The molecule has 0 aliphatic carbocycles. The summed E-state index contributed by atoms with van der Waals surface area (Å²) in [5.74, 6) is -0.183. The zero-order valence-corrected chi connectivity index (χ0v) is 29.8. The van der Waals surface area contributed by atoms with Gasteiger partial charge in [-0.05, 0) is 43.2 Å². The van der Waals surface area contributed by atoms with Crippen molar-refractivity contribution in [3.8, 4) is 0 Å². The van der Waals surface area contributed by atoms with Gasteiger partial charge in [0.25, 0.3) is 0 Å². The second-order valence-corrected chi connectivity index (χ2v) is 14.1. The summed E-state index contributed by atoms with van der Waals surface area (Å²) in [4.78, 5) is 50.2. The van der Waals surface area contributed by atoms with Crippen molar-refractivity contribution in [1.29, 1.82) is 0 Å². The molecule has 4 aromatic rings. The predicted octanol–water partition coefficient (Wildman–Crippen LogP) is 5.66. The number of hydrogen-bond acceptors (Lipinski definition) is 9. The van der Waals surface area contributed by atoms with Gasteiger partial charge in [-0.25, -0.2) is 14.6 Å². The van der Waals surface area contributed by atoms with Gasteiger partial charge in [-0.15, -0.1) is 22.7 Å². The van der Waals surface area contributed by atoms with Crippen LogP contribution in [0.1, 0.15) is 65.7 Å². The maximum atomic E-state index is 13.5. The van der Waals surface area contributed by atoms with E-state index in [0.717, 1.165) is 26.7 Å². The zero-order valence-electron chi connectivity index (χ0n) is 28.2. The van der Waals surface area contributed by atoms with E-state index < -0.39 is 30.7 Å². The number of carbonyl (C=O) groups excluding carboxylic acids is 3. The van der Waals surface area contributed by atoms with Gasteiger partial charge in [-0.3, -0.25) is 9.78 Å². The second kappa shape index (κ2) is 19.6. The van der Waals surface area contributed by atoms with Crippen molar-refractivity contribution in [2.45, 2.75) is 83.1 Å². The molecule has 2 aromatic carbocycles. The van der Waals surface area contributed by atoms with Crippen LogP contribution in [0, 0.1) is 0 Å². The number of urea groups is 1. The molecule has 0 unspecified atom stereocenters. The maximum absolute atomic E-state index is 13.5. The molecule has 0 aliphatic heterocycles. The number of aliphatic hydroxyl groups is 1. The van der Waals surface area contributed by atoms with E-state index in [1.54, 1.807) is 30.1 Å². The Balaban J connectivity index is 1.39. The minimum Gasteiger partial charge on any atom is -0.444 e. The molecule has 4 rings (SSSR count). The first-order valence-electron chi connectivity index (χ1n) is 16.5. The van der Waals surface area contributed by atoms with Crippen LogP contribution in [0.25, 0.3) is 0 Å². The number of aromatic nitrogens is 2. The van der Waals surface area contributed by atoms with Gasteiger partial charge in [0.15, 0.2) is 0 Å². The minimum atomic E-state index is -1.14. The molecule has 4 amide bonds.